The van der Waals surface area contributed by atoms with Crippen LogP contribution >= 0.6 is 0 Å². The zero-order chi connectivity index (χ0) is 25.9. The van der Waals surface area contributed by atoms with E-state index in [4.69, 9.17) is 0 Å². The van der Waals surface area contributed by atoms with Crippen LogP contribution in [0.2, 0.25) is 0 Å². The fourth-order valence-corrected chi connectivity index (χ4v) is 5.95. The van der Waals surface area contributed by atoms with Crippen molar-refractivity contribution in [2.45, 2.75) is 34.6 Å². The Morgan fingerprint density at radius 1 is 0.568 bits per heavy atom. The SMILES string of the molecule is CC.Cc1ccc2ccccc2c1.Cc1ccccc1-c1ccc2c(c1C)C1=CC=CC3C=CC=C2C13. The largest absolute Gasteiger partial charge is 0.0767 e. The molecular formula is C37H36. The van der Waals surface area contributed by atoms with E-state index in [1.54, 1.807) is 0 Å². The molecule has 0 saturated heterocycles. The smallest absolute Gasteiger partial charge is 0.0199 e. The Balaban J connectivity index is 0.000000181. The van der Waals surface area contributed by atoms with Gasteiger partial charge in [-0.15, -0.1) is 0 Å². The van der Waals surface area contributed by atoms with Gasteiger partial charge >= 0.3 is 0 Å². The summed E-state index contributed by atoms with van der Waals surface area (Å²) in [7, 11) is 0. The molecule has 0 spiro atoms. The van der Waals surface area contributed by atoms with Gasteiger partial charge in [0.15, 0.2) is 0 Å². The first-order chi connectivity index (χ1) is 18.1. The predicted molar refractivity (Wildman–Crippen MR) is 163 cm³/mol. The van der Waals surface area contributed by atoms with Gasteiger partial charge in [0.25, 0.3) is 0 Å². The van der Waals surface area contributed by atoms with Crippen LogP contribution in [0.4, 0.5) is 0 Å². The number of hydrogen-bond donors (Lipinski definition) is 0. The lowest BCUT2D eigenvalue weighted by Gasteiger charge is -2.26. The van der Waals surface area contributed by atoms with Crippen molar-refractivity contribution in [1.29, 1.82) is 0 Å². The number of fused-ring (bicyclic) bond motifs is 4. The lowest BCUT2D eigenvalue weighted by molar-refractivity contribution is 0.707. The van der Waals surface area contributed by atoms with Crippen LogP contribution < -0.4 is 0 Å². The molecule has 2 unspecified atom stereocenters. The van der Waals surface area contributed by atoms with Crippen LogP contribution in [0.5, 0.6) is 0 Å². The molecule has 7 rings (SSSR count). The molecule has 3 aliphatic carbocycles. The van der Waals surface area contributed by atoms with Gasteiger partial charge in [-0.2, -0.15) is 0 Å². The maximum Gasteiger partial charge on any atom is 0.0199 e. The molecule has 3 aliphatic rings. The second-order valence-corrected chi connectivity index (χ2v) is 9.90. The van der Waals surface area contributed by atoms with Crippen molar-refractivity contribution in [2.24, 2.45) is 11.8 Å². The van der Waals surface area contributed by atoms with E-state index >= 15 is 0 Å². The molecule has 0 N–H and O–H groups in total. The quantitative estimate of drug-likeness (QED) is 0.254. The van der Waals surface area contributed by atoms with Crippen molar-refractivity contribution in [3.63, 3.8) is 0 Å². The van der Waals surface area contributed by atoms with Crippen LogP contribution in [-0.4, -0.2) is 0 Å². The van der Waals surface area contributed by atoms with Gasteiger partial charge in [-0.05, 0) is 76.1 Å². The van der Waals surface area contributed by atoms with Gasteiger partial charge < -0.3 is 0 Å². The maximum atomic E-state index is 2.34. The highest BCUT2D eigenvalue weighted by molar-refractivity contribution is 6.00. The number of rotatable bonds is 1. The van der Waals surface area contributed by atoms with Gasteiger partial charge in [0, 0.05) is 11.8 Å². The van der Waals surface area contributed by atoms with E-state index in [0.717, 1.165) is 0 Å². The van der Waals surface area contributed by atoms with Gasteiger partial charge in [0.1, 0.15) is 0 Å². The topological polar surface area (TPSA) is 0 Å². The van der Waals surface area contributed by atoms with Crippen LogP contribution in [0.15, 0.2) is 115 Å². The standard InChI is InChI=1S/C24H20.C11H10.C2H6/c1-15-7-3-4-10-18(15)19-13-14-21-20-11-5-8-17-9-6-12-22(24(17)20)23(21)16(19)2;1-9-6-7-10-4-2-3-5-11(10)8-9;1-2/h3-14,17,24H,1-2H3;2-8H,1H3;1-2H3. The van der Waals surface area contributed by atoms with Crippen LogP contribution in [-0.2, 0) is 0 Å². The van der Waals surface area contributed by atoms with E-state index in [1.807, 2.05) is 13.8 Å². The van der Waals surface area contributed by atoms with E-state index in [0.29, 0.717) is 11.8 Å². The van der Waals surface area contributed by atoms with Crippen molar-refractivity contribution in [3.8, 4) is 11.1 Å². The number of benzene rings is 4. The fraction of sp³-hybridized carbons (Fsp3) is 0.189. The van der Waals surface area contributed by atoms with E-state index in [1.165, 1.54) is 60.9 Å². The van der Waals surface area contributed by atoms with Crippen molar-refractivity contribution < 1.29 is 0 Å². The van der Waals surface area contributed by atoms with Crippen molar-refractivity contribution in [3.05, 3.63) is 143 Å². The average molecular weight is 481 g/mol. The molecule has 184 valence electrons. The van der Waals surface area contributed by atoms with Gasteiger partial charge in [-0.3, -0.25) is 0 Å². The Bertz CT molecular complexity index is 1570. The number of aryl methyl sites for hydroxylation is 2. The molecule has 37 heavy (non-hydrogen) atoms. The van der Waals surface area contributed by atoms with Crippen molar-refractivity contribution >= 4 is 21.9 Å². The predicted octanol–water partition coefficient (Wildman–Crippen LogP) is 10.3. The third-order valence-electron chi connectivity index (χ3n) is 7.68. The van der Waals surface area contributed by atoms with E-state index < -0.39 is 0 Å². The van der Waals surface area contributed by atoms with E-state index in [9.17, 15) is 0 Å². The summed E-state index contributed by atoms with van der Waals surface area (Å²) < 4.78 is 0. The lowest BCUT2D eigenvalue weighted by Crippen LogP contribution is -2.13. The molecule has 0 nitrogen and oxygen atoms in total. The normalized spacial score (nSPS) is 18.0. The zero-order valence-electron chi connectivity index (χ0n) is 22.6. The molecule has 0 amide bonds. The summed E-state index contributed by atoms with van der Waals surface area (Å²) in [6.07, 6.45) is 13.8. The molecule has 0 aromatic heterocycles. The van der Waals surface area contributed by atoms with Gasteiger partial charge in [-0.25, -0.2) is 0 Å². The molecular weight excluding hydrogens is 444 g/mol. The summed E-state index contributed by atoms with van der Waals surface area (Å²) in [5, 5.41) is 2.64. The van der Waals surface area contributed by atoms with Gasteiger partial charge in [0.05, 0.1) is 0 Å². The summed E-state index contributed by atoms with van der Waals surface area (Å²) >= 11 is 0. The minimum Gasteiger partial charge on any atom is -0.0767 e. The molecule has 0 aliphatic heterocycles. The van der Waals surface area contributed by atoms with E-state index in [2.05, 4.69) is 136 Å². The first-order valence-electron chi connectivity index (χ1n) is 13.5. The third kappa shape index (κ3) is 4.53. The summed E-state index contributed by atoms with van der Waals surface area (Å²) in [4.78, 5) is 0. The Morgan fingerprint density at radius 3 is 1.97 bits per heavy atom. The summed E-state index contributed by atoms with van der Waals surface area (Å²) in [6.45, 7) is 10.6. The van der Waals surface area contributed by atoms with E-state index in [-0.39, 0.29) is 0 Å². The van der Waals surface area contributed by atoms with Gasteiger partial charge in [0.2, 0.25) is 0 Å². The Labute approximate surface area is 222 Å². The minimum atomic E-state index is 0.513. The average Bonchev–Trinajstić information content (AvgIpc) is 3.27. The number of allylic oxidation sites excluding steroid dienone is 8. The monoisotopic (exact) mass is 480 g/mol. The molecule has 0 saturated carbocycles. The maximum absolute atomic E-state index is 2.34. The fourth-order valence-electron chi connectivity index (χ4n) is 5.95. The molecule has 0 heteroatoms. The molecule has 0 fully saturated rings. The summed E-state index contributed by atoms with van der Waals surface area (Å²) in [6, 6.07) is 28.3. The third-order valence-corrected chi connectivity index (χ3v) is 7.68. The molecule has 0 radical (unpaired) electrons. The minimum absolute atomic E-state index is 0.513. The second-order valence-electron chi connectivity index (χ2n) is 9.90. The highest BCUT2D eigenvalue weighted by Crippen LogP contribution is 2.54. The van der Waals surface area contributed by atoms with Crippen LogP contribution in [0.1, 0.15) is 41.7 Å². The second kappa shape index (κ2) is 10.6. The molecule has 4 aromatic rings. The highest BCUT2D eigenvalue weighted by Gasteiger charge is 2.38. The highest BCUT2D eigenvalue weighted by atomic mass is 14.4. The molecule has 0 heterocycles. The summed E-state index contributed by atoms with van der Waals surface area (Å²) in [5.74, 6) is 1.03. The zero-order valence-corrected chi connectivity index (χ0v) is 22.6. The lowest BCUT2D eigenvalue weighted by atomic mass is 9.77. The first-order valence-corrected chi connectivity index (χ1v) is 13.5. The number of hydrogen-bond acceptors (Lipinski definition) is 0. The van der Waals surface area contributed by atoms with Crippen LogP contribution in [0, 0.1) is 32.6 Å². The molecule has 4 aromatic carbocycles. The molecule has 0 bridgehead atoms. The first kappa shape index (κ1) is 24.8. The van der Waals surface area contributed by atoms with Crippen molar-refractivity contribution in [2.75, 3.05) is 0 Å². The Hall–Kier alpha value is -3.90. The van der Waals surface area contributed by atoms with Crippen molar-refractivity contribution in [1.82, 2.24) is 0 Å². The van der Waals surface area contributed by atoms with Crippen LogP contribution in [0.3, 0.4) is 0 Å². The summed E-state index contributed by atoms with van der Waals surface area (Å²) in [5.41, 5.74) is 12.7. The molecule has 2 atom stereocenters. The Kier molecular flexibility index (Phi) is 7.10. The van der Waals surface area contributed by atoms with Crippen LogP contribution in [0.25, 0.3) is 33.0 Å². The Morgan fingerprint density at radius 2 is 1.22 bits per heavy atom. The van der Waals surface area contributed by atoms with Gasteiger partial charge in [-0.1, -0.05) is 135 Å².